The zero-order valence-corrected chi connectivity index (χ0v) is 13.7. The highest BCUT2D eigenvalue weighted by Crippen LogP contribution is 2.31. The number of benzene rings is 2. The van der Waals surface area contributed by atoms with E-state index < -0.39 is 0 Å². The van der Waals surface area contributed by atoms with Gasteiger partial charge in [0.05, 0.1) is 36.0 Å². The summed E-state index contributed by atoms with van der Waals surface area (Å²) in [5.74, 6) is 1.13. The Kier molecular flexibility index (Phi) is 3.16. The lowest BCUT2D eigenvalue weighted by molar-refractivity contribution is 0.397. The van der Waals surface area contributed by atoms with Crippen LogP contribution < -0.4 is 14.9 Å². The molecular weight excluding hydrogens is 304 g/mol. The molecule has 2 aromatic carbocycles. The second-order valence-electron chi connectivity index (χ2n) is 5.66. The summed E-state index contributed by atoms with van der Waals surface area (Å²) in [5.41, 5.74) is 2.14. The molecule has 4 rings (SSSR count). The van der Waals surface area contributed by atoms with Gasteiger partial charge in [0.25, 0.3) is 0 Å². The van der Waals surface area contributed by atoms with Crippen LogP contribution in [-0.4, -0.2) is 23.8 Å². The molecule has 24 heavy (non-hydrogen) atoms. The molecule has 0 saturated carbocycles. The molecule has 5 heteroatoms. The van der Waals surface area contributed by atoms with Crippen molar-refractivity contribution in [3.05, 3.63) is 52.7 Å². The lowest BCUT2D eigenvalue weighted by atomic mass is 10.1. The van der Waals surface area contributed by atoms with Crippen LogP contribution in [0.5, 0.6) is 11.5 Å². The van der Waals surface area contributed by atoms with Crippen molar-refractivity contribution < 1.29 is 9.47 Å². The van der Waals surface area contributed by atoms with Gasteiger partial charge in [-0.25, -0.2) is 4.98 Å². The molecular formula is C19H16N2O3. The maximum absolute atomic E-state index is 13.1. The van der Waals surface area contributed by atoms with Gasteiger partial charge in [0.15, 0.2) is 0 Å². The zero-order valence-electron chi connectivity index (χ0n) is 13.7. The first-order valence-electron chi connectivity index (χ1n) is 7.58. The van der Waals surface area contributed by atoms with Crippen LogP contribution in [0.2, 0.25) is 0 Å². The van der Waals surface area contributed by atoms with E-state index >= 15 is 0 Å². The number of fused-ring (bicyclic) bond motifs is 3. The summed E-state index contributed by atoms with van der Waals surface area (Å²) in [7, 11) is 5.03. The van der Waals surface area contributed by atoms with Crippen molar-refractivity contribution in [1.82, 2.24) is 9.55 Å². The number of aromatic nitrogens is 2. The van der Waals surface area contributed by atoms with Crippen molar-refractivity contribution in [3.8, 4) is 11.5 Å². The molecule has 2 aromatic heterocycles. The van der Waals surface area contributed by atoms with Gasteiger partial charge in [-0.1, -0.05) is 18.2 Å². The number of rotatable bonds is 2. The Morgan fingerprint density at radius 1 is 1.04 bits per heavy atom. The average Bonchev–Trinajstić information content (AvgIpc) is 2.63. The number of hydrogen-bond acceptors (Lipinski definition) is 4. The molecule has 0 radical (unpaired) electrons. The molecule has 0 saturated heterocycles. The summed E-state index contributed by atoms with van der Waals surface area (Å²) in [6, 6.07) is 13.2. The summed E-state index contributed by atoms with van der Waals surface area (Å²) in [6.45, 7) is 0. The van der Waals surface area contributed by atoms with E-state index in [0.29, 0.717) is 27.9 Å². The Bertz CT molecular complexity index is 1160. The van der Waals surface area contributed by atoms with E-state index in [2.05, 4.69) is 4.98 Å². The largest absolute Gasteiger partial charge is 0.497 e. The fraction of sp³-hybridized carbons (Fsp3) is 0.158. The Labute approximate surface area is 138 Å². The number of nitrogens with zero attached hydrogens (tertiary/aromatic N) is 2. The van der Waals surface area contributed by atoms with E-state index in [-0.39, 0.29) is 5.43 Å². The highest BCUT2D eigenvalue weighted by atomic mass is 16.5. The Morgan fingerprint density at radius 2 is 1.83 bits per heavy atom. The summed E-state index contributed by atoms with van der Waals surface area (Å²) in [6.07, 6.45) is 0. The number of para-hydroxylation sites is 1. The van der Waals surface area contributed by atoms with Crippen LogP contribution >= 0.6 is 0 Å². The average molecular weight is 320 g/mol. The maximum Gasteiger partial charge on any atom is 0.202 e. The first kappa shape index (κ1) is 14.5. The summed E-state index contributed by atoms with van der Waals surface area (Å²) in [5, 5.41) is 2.05. The van der Waals surface area contributed by atoms with Gasteiger partial charge >= 0.3 is 0 Å². The zero-order chi connectivity index (χ0) is 16.8. The predicted molar refractivity (Wildman–Crippen MR) is 95.1 cm³/mol. The molecule has 5 nitrogen and oxygen atoms in total. The van der Waals surface area contributed by atoms with E-state index in [0.717, 1.165) is 16.4 Å². The van der Waals surface area contributed by atoms with Crippen LogP contribution in [0.15, 0.2) is 47.3 Å². The number of hydrogen-bond donors (Lipinski definition) is 0. The van der Waals surface area contributed by atoms with Crippen molar-refractivity contribution >= 4 is 32.8 Å². The summed E-state index contributed by atoms with van der Waals surface area (Å²) >= 11 is 0. The van der Waals surface area contributed by atoms with Gasteiger partial charge in [0.2, 0.25) is 5.43 Å². The standard InChI is InChI=1S/C19H16N2O3/c1-21-15-9-12(23-2)10-16(24-3)17(15)18(22)13-8-11-6-4-5-7-14(11)20-19(13)21/h4-10H,1-3H3. The molecule has 0 unspecified atom stereocenters. The number of ether oxygens (including phenoxy) is 2. The van der Waals surface area contributed by atoms with Crippen LogP contribution in [0, 0.1) is 0 Å². The first-order valence-corrected chi connectivity index (χ1v) is 7.58. The van der Waals surface area contributed by atoms with Crippen LogP contribution in [-0.2, 0) is 7.05 Å². The van der Waals surface area contributed by atoms with Gasteiger partial charge in [0.1, 0.15) is 17.1 Å². The minimum absolute atomic E-state index is 0.0872. The molecule has 0 amide bonds. The molecule has 0 bridgehead atoms. The molecule has 0 spiro atoms. The fourth-order valence-corrected chi connectivity index (χ4v) is 3.13. The van der Waals surface area contributed by atoms with Crippen molar-refractivity contribution in [2.45, 2.75) is 0 Å². The van der Waals surface area contributed by atoms with Gasteiger partial charge in [-0.2, -0.15) is 0 Å². The van der Waals surface area contributed by atoms with Crippen molar-refractivity contribution in [3.63, 3.8) is 0 Å². The third kappa shape index (κ3) is 1.94. The van der Waals surface area contributed by atoms with E-state index in [9.17, 15) is 4.79 Å². The van der Waals surface area contributed by atoms with Crippen LogP contribution in [0.3, 0.4) is 0 Å². The molecule has 0 atom stereocenters. The molecule has 2 heterocycles. The highest BCUT2D eigenvalue weighted by Gasteiger charge is 2.16. The van der Waals surface area contributed by atoms with E-state index in [1.165, 1.54) is 0 Å². The van der Waals surface area contributed by atoms with Gasteiger partial charge in [0, 0.05) is 24.6 Å². The molecule has 0 aliphatic heterocycles. The number of aryl methyl sites for hydroxylation is 1. The minimum atomic E-state index is -0.0872. The van der Waals surface area contributed by atoms with Crippen LogP contribution in [0.4, 0.5) is 0 Å². The summed E-state index contributed by atoms with van der Waals surface area (Å²) in [4.78, 5) is 17.8. The van der Waals surface area contributed by atoms with E-state index in [1.807, 2.05) is 48.0 Å². The first-order chi connectivity index (χ1) is 11.6. The molecule has 120 valence electrons. The molecule has 0 N–H and O–H groups in total. The highest BCUT2D eigenvalue weighted by molar-refractivity contribution is 6.00. The second-order valence-corrected chi connectivity index (χ2v) is 5.66. The number of methoxy groups -OCH3 is 2. The smallest absolute Gasteiger partial charge is 0.202 e. The van der Waals surface area contributed by atoms with E-state index in [1.54, 1.807) is 20.3 Å². The third-order valence-corrected chi connectivity index (χ3v) is 4.37. The van der Waals surface area contributed by atoms with E-state index in [4.69, 9.17) is 9.47 Å². The maximum atomic E-state index is 13.1. The Balaban J connectivity index is 2.28. The fourth-order valence-electron chi connectivity index (χ4n) is 3.13. The van der Waals surface area contributed by atoms with Gasteiger partial charge < -0.3 is 14.0 Å². The lowest BCUT2D eigenvalue weighted by Crippen LogP contribution is -2.12. The quantitative estimate of drug-likeness (QED) is 0.532. The third-order valence-electron chi connectivity index (χ3n) is 4.37. The molecule has 0 fully saturated rings. The predicted octanol–water partition coefficient (Wildman–Crippen LogP) is 3.26. The van der Waals surface area contributed by atoms with Gasteiger partial charge in [-0.05, 0) is 12.1 Å². The monoisotopic (exact) mass is 320 g/mol. The second kappa shape index (κ2) is 5.23. The van der Waals surface area contributed by atoms with Crippen molar-refractivity contribution in [2.75, 3.05) is 14.2 Å². The topological polar surface area (TPSA) is 53.4 Å². The summed E-state index contributed by atoms with van der Waals surface area (Å²) < 4.78 is 12.7. The van der Waals surface area contributed by atoms with Crippen LogP contribution in [0.1, 0.15) is 0 Å². The number of pyridine rings is 2. The van der Waals surface area contributed by atoms with Gasteiger partial charge in [-0.15, -0.1) is 0 Å². The van der Waals surface area contributed by atoms with Crippen molar-refractivity contribution in [1.29, 1.82) is 0 Å². The SMILES string of the molecule is COc1cc(OC)c2c(=O)c3cc4ccccc4nc3n(C)c2c1. The molecule has 0 aliphatic rings. The minimum Gasteiger partial charge on any atom is -0.497 e. The Hall–Kier alpha value is -3.08. The Morgan fingerprint density at radius 3 is 2.58 bits per heavy atom. The van der Waals surface area contributed by atoms with Gasteiger partial charge in [-0.3, -0.25) is 4.79 Å². The van der Waals surface area contributed by atoms with Crippen molar-refractivity contribution in [2.24, 2.45) is 7.05 Å². The molecule has 0 aliphatic carbocycles. The van der Waals surface area contributed by atoms with Crippen LogP contribution in [0.25, 0.3) is 32.8 Å². The molecule has 4 aromatic rings. The lowest BCUT2D eigenvalue weighted by Gasteiger charge is -2.14. The normalized spacial score (nSPS) is 11.3.